The molecule has 0 bridgehead atoms. The number of nitriles is 1. The Balaban J connectivity index is 1.11. The number of amides is 1. The van der Waals surface area contributed by atoms with Gasteiger partial charge in [0.25, 0.3) is 5.88 Å². The SMILES string of the molecule is N#C[C@]1(c2ccc(-c3ccc4c(c3)C[C@H]3[C@H](COc5ccon5)OC(=O)N43)cn2)[C@@H]2CNC[C@@H]21. The molecule has 3 aromatic rings. The summed E-state index contributed by atoms with van der Waals surface area (Å²) in [5, 5.41) is 16.9. The number of piperidine rings is 1. The molecule has 2 aromatic heterocycles. The van der Waals surface area contributed by atoms with Gasteiger partial charge in [0.05, 0.1) is 23.5 Å². The third-order valence-electron chi connectivity index (χ3n) is 7.77. The molecule has 34 heavy (non-hydrogen) atoms. The molecule has 5 heterocycles. The smallest absolute Gasteiger partial charge is 0.415 e. The number of carbonyl (C=O) groups is 1. The molecule has 9 nitrogen and oxygen atoms in total. The van der Waals surface area contributed by atoms with Crippen molar-refractivity contribution in [2.75, 3.05) is 24.6 Å². The Kier molecular flexibility index (Phi) is 4.05. The van der Waals surface area contributed by atoms with Crippen molar-refractivity contribution in [1.29, 1.82) is 5.26 Å². The fraction of sp³-hybridized carbons (Fsp3) is 0.360. The van der Waals surface area contributed by atoms with Crippen LogP contribution in [-0.2, 0) is 16.6 Å². The van der Waals surface area contributed by atoms with E-state index in [-0.39, 0.29) is 18.7 Å². The lowest BCUT2D eigenvalue weighted by Crippen LogP contribution is -2.36. The predicted octanol–water partition coefficient (Wildman–Crippen LogP) is 2.68. The lowest BCUT2D eigenvalue weighted by Gasteiger charge is -2.16. The molecule has 0 spiro atoms. The lowest BCUT2D eigenvalue weighted by atomic mass is 9.95. The van der Waals surface area contributed by atoms with Gasteiger partial charge in [0.1, 0.15) is 18.3 Å². The molecule has 0 radical (unpaired) electrons. The van der Waals surface area contributed by atoms with Crippen LogP contribution in [-0.4, -0.2) is 48.1 Å². The van der Waals surface area contributed by atoms with Crippen LogP contribution in [0.5, 0.6) is 5.88 Å². The van der Waals surface area contributed by atoms with E-state index < -0.39 is 11.5 Å². The molecule has 9 heteroatoms. The van der Waals surface area contributed by atoms with Gasteiger partial charge >= 0.3 is 6.09 Å². The Morgan fingerprint density at radius 1 is 1.21 bits per heavy atom. The number of anilines is 1. The first kappa shape index (κ1) is 19.6. The Bertz CT molecular complexity index is 1310. The van der Waals surface area contributed by atoms with E-state index in [2.05, 4.69) is 22.6 Å². The van der Waals surface area contributed by atoms with Gasteiger partial charge in [-0.25, -0.2) is 4.79 Å². The highest BCUT2D eigenvalue weighted by atomic mass is 16.6. The standard InChI is InChI=1S/C25H21N5O4/c26-13-25(17-10-27-11-18(17)25)22-4-2-15(9-28-22)14-1-3-19-16(7-14)8-20-21(34-24(31)30(19)20)12-32-23-5-6-33-29-23/h1-7,9,17-18,20-21,27H,8,10-12H2/t17-,18+,20-,21-,25+/m0/s1. The van der Waals surface area contributed by atoms with Gasteiger partial charge in [-0.05, 0) is 40.9 Å². The first-order valence-corrected chi connectivity index (χ1v) is 11.4. The maximum absolute atomic E-state index is 12.6. The summed E-state index contributed by atoms with van der Waals surface area (Å²) in [6.45, 7) is 1.98. The summed E-state index contributed by atoms with van der Waals surface area (Å²) in [7, 11) is 0. The van der Waals surface area contributed by atoms with E-state index in [0.29, 0.717) is 24.1 Å². The highest BCUT2D eigenvalue weighted by Gasteiger charge is 2.69. The van der Waals surface area contributed by atoms with Crippen LogP contribution >= 0.6 is 0 Å². The summed E-state index contributed by atoms with van der Waals surface area (Å²) in [5.41, 5.74) is 4.42. The highest BCUT2D eigenvalue weighted by Crippen LogP contribution is 2.60. The number of hydrogen-bond acceptors (Lipinski definition) is 8. The number of nitrogens with one attached hydrogen (secondary N) is 1. The number of ether oxygens (including phenoxy) is 2. The van der Waals surface area contributed by atoms with Gasteiger partial charge in [-0.2, -0.15) is 5.26 Å². The molecule has 3 aliphatic heterocycles. The number of carbonyl (C=O) groups excluding carboxylic acids is 1. The van der Waals surface area contributed by atoms with E-state index in [4.69, 9.17) is 19.0 Å². The van der Waals surface area contributed by atoms with Gasteiger partial charge in [0.15, 0.2) is 6.10 Å². The van der Waals surface area contributed by atoms with Crippen molar-refractivity contribution in [3.63, 3.8) is 0 Å². The highest BCUT2D eigenvalue weighted by molar-refractivity contribution is 5.94. The third kappa shape index (κ3) is 2.66. The van der Waals surface area contributed by atoms with Crippen LogP contribution in [0, 0.1) is 23.2 Å². The molecule has 170 valence electrons. The van der Waals surface area contributed by atoms with E-state index in [9.17, 15) is 10.1 Å². The molecule has 1 aliphatic carbocycles. The minimum atomic E-state index is -0.435. The zero-order valence-corrected chi connectivity index (χ0v) is 18.2. The van der Waals surface area contributed by atoms with Gasteiger partial charge in [-0.3, -0.25) is 9.88 Å². The molecule has 4 aliphatic rings. The van der Waals surface area contributed by atoms with Crippen molar-refractivity contribution in [2.45, 2.75) is 24.0 Å². The molecule has 2 saturated heterocycles. The van der Waals surface area contributed by atoms with Crippen molar-refractivity contribution >= 4 is 11.8 Å². The molecule has 7 rings (SSSR count). The molecule has 1 N–H and O–H groups in total. The number of nitrogens with zero attached hydrogens (tertiary/aromatic N) is 4. The van der Waals surface area contributed by atoms with Crippen molar-refractivity contribution in [3.05, 3.63) is 60.1 Å². The van der Waals surface area contributed by atoms with Crippen molar-refractivity contribution < 1.29 is 18.8 Å². The minimum Gasteiger partial charge on any atom is -0.471 e. The molecule has 0 unspecified atom stereocenters. The van der Waals surface area contributed by atoms with Crippen LogP contribution < -0.4 is 15.0 Å². The predicted molar refractivity (Wildman–Crippen MR) is 119 cm³/mol. The van der Waals surface area contributed by atoms with Crippen LogP contribution in [0.4, 0.5) is 10.5 Å². The summed E-state index contributed by atoms with van der Waals surface area (Å²) in [6.07, 6.45) is 3.22. The molecule has 5 atom stereocenters. The number of hydrogen-bond donors (Lipinski definition) is 1. The Labute approximate surface area is 195 Å². The molecule has 1 amide bonds. The van der Waals surface area contributed by atoms with Crippen LogP contribution in [0.25, 0.3) is 11.1 Å². The van der Waals surface area contributed by atoms with Crippen LogP contribution in [0.3, 0.4) is 0 Å². The third-order valence-corrected chi connectivity index (χ3v) is 7.77. The lowest BCUT2D eigenvalue weighted by molar-refractivity contribution is 0.0886. The van der Waals surface area contributed by atoms with E-state index in [1.54, 1.807) is 11.0 Å². The second-order valence-corrected chi connectivity index (χ2v) is 9.34. The van der Waals surface area contributed by atoms with Gasteiger partial charge < -0.3 is 19.3 Å². The van der Waals surface area contributed by atoms with Crippen molar-refractivity contribution in [1.82, 2.24) is 15.5 Å². The second-order valence-electron chi connectivity index (χ2n) is 9.34. The van der Waals surface area contributed by atoms with E-state index in [1.165, 1.54) is 6.26 Å². The van der Waals surface area contributed by atoms with Crippen LogP contribution in [0.1, 0.15) is 11.3 Å². The number of rotatable bonds is 5. The first-order valence-electron chi connectivity index (χ1n) is 11.4. The Morgan fingerprint density at radius 3 is 2.79 bits per heavy atom. The van der Waals surface area contributed by atoms with Crippen LogP contribution in [0.15, 0.2) is 53.4 Å². The topological polar surface area (TPSA) is 114 Å². The average molecular weight is 455 g/mol. The summed E-state index contributed by atoms with van der Waals surface area (Å²) < 4.78 is 15.9. The number of fused-ring (bicyclic) bond motifs is 4. The summed E-state index contributed by atoms with van der Waals surface area (Å²) in [5.74, 6) is 1.10. The zero-order valence-electron chi connectivity index (χ0n) is 18.2. The maximum atomic E-state index is 12.6. The van der Waals surface area contributed by atoms with Crippen molar-refractivity contribution in [3.8, 4) is 23.1 Å². The Hall–Kier alpha value is -3.90. The minimum absolute atomic E-state index is 0.122. The van der Waals surface area contributed by atoms with Crippen LogP contribution in [0.2, 0.25) is 0 Å². The number of pyridine rings is 1. The Morgan fingerprint density at radius 2 is 2.06 bits per heavy atom. The average Bonchev–Trinajstić information content (AvgIpc) is 3.48. The quantitative estimate of drug-likeness (QED) is 0.625. The first-order chi connectivity index (χ1) is 16.7. The van der Waals surface area contributed by atoms with Crippen molar-refractivity contribution in [2.24, 2.45) is 11.8 Å². The van der Waals surface area contributed by atoms with E-state index in [0.717, 1.165) is 41.2 Å². The zero-order chi connectivity index (χ0) is 22.9. The molecular weight excluding hydrogens is 434 g/mol. The fourth-order valence-electron chi connectivity index (χ4n) is 6.00. The summed E-state index contributed by atoms with van der Waals surface area (Å²) in [4.78, 5) is 19.0. The van der Waals surface area contributed by atoms with E-state index in [1.807, 2.05) is 30.5 Å². The monoisotopic (exact) mass is 455 g/mol. The van der Waals surface area contributed by atoms with Gasteiger partial charge in [-0.15, -0.1) is 0 Å². The van der Waals surface area contributed by atoms with E-state index >= 15 is 0 Å². The molecule has 3 fully saturated rings. The second kappa shape index (κ2) is 7.05. The van der Waals surface area contributed by atoms with Gasteiger partial charge in [-0.1, -0.05) is 12.1 Å². The summed E-state index contributed by atoms with van der Waals surface area (Å²) in [6, 6.07) is 14.2. The normalized spacial score (nSPS) is 30.3. The van der Waals surface area contributed by atoms with Gasteiger partial charge in [0, 0.05) is 42.8 Å². The molecule has 1 saturated carbocycles. The van der Waals surface area contributed by atoms with Gasteiger partial charge in [0.2, 0.25) is 0 Å². The maximum Gasteiger partial charge on any atom is 0.415 e. The summed E-state index contributed by atoms with van der Waals surface area (Å²) >= 11 is 0. The number of benzene rings is 1. The molecular formula is C25H21N5O4. The molecule has 1 aromatic carbocycles. The number of cyclic esters (lactones) is 1. The number of aromatic nitrogens is 2. The fourth-order valence-corrected chi connectivity index (χ4v) is 6.00. The largest absolute Gasteiger partial charge is 0.471 e.